The van der Waals surface area contributed by atoms with Crippen molar-refractivity contribution in [3.05, 3.63) is 24.3 Å². The van der Waals surface area contributed by atoms with E-state index in [-0.39, 0.29) is 11.9 Å². The van der Waals surface area contributed by atoms with Crippen LogP contribution in [0.1, 0.15) is 194 Å². The molecule has 342 valence electrons. The number of ether oxygens (including phenoxy) is 2. The highest BCUT2D eigenvalue weighted by Crippen LogP contribution is 2.19. The van der Waals surface area contributed by atoms with E-state index in [0.29, 0.717) is 39.1 Å². The fraction of sp³-hybridized carbons (Fsp3) is 0.875. The van der Waals surface area contributed by atoms with Gasteiger partial charge < -0.3 is 30.7 Å². The highest BCUT2D eigenvalue weighted by molar-refractivity contribution is 8.76. The van der Waals surface area contributed by atoms with E-state index in [9.17, 15) is 9.59 Å². The largest absolute Gasteiger partial charge is 0.464 e. The maximum absolute atomic E-state index is 12.0. The molecule has 0 heterocycles. The summed E-state index contributed by atoms with van der Waals surface area (Å²) in [5.41, 5.74) is 0. The summed E-state index contributed by atoms with van der Waals surface area (Å²) in [7, 11) is 3.81. The van der Waals surface area contributed by atoms with E-state index < -0.39 is 0 Å². The van der Waals surface area contributed by atoms with Crippen LogP contribution in [0.3, 0.4) is 0 Å². The summed E-state index contributed by atoms with van der Waals surface area (Å²) < 4.78 is 10.7. The van der Waals surface area contributed by atoms with Crippen molar-refractivity contribution in [2.45, 2.75) is 194 Å². The van der Waals surface area contributed by atoms with Gasteiger partial charge in [-0.25, -0.2) is 0 Å². The van der Waals surface area contributed by atoms with Gasteiger partial charge in [-0.05, 0) is 64.2 Å². The lowest BCUT2D eigenvalue weighted by Crippen LogP contribution is -2.31. The van der Waals surface area contributed by atoms with E-state index in [1.54, 1.807) is 0 Å². The first-order valence-electron chi connectivity index (χ1n) is 24.4. The summed E-state index contributed by atoms with van der Waals surface area (Å²) in [6.07, 6.45) is 43.4. The fourth-order valence-electron chi connectivity index (χ4n) is 6.50. The Bertz CT molecular complexity index is 826. The number of carbonyl (C=O) groups is 2. The third kappa shape index (κ3) is 51.1. The van der Waals surface area contributed by atoms with Gasteiger partial charge in [0.1, 0.15) is 13.2 Å². The van der Waals surface area contributed by atoms with Crippen molar-refractivity contribution >= 4 is 33.5 Å². The molecular weight excluding hydrogens is 761 g/mol. The molecule has 0 aliphatic carbocycles. The summed E-state index contributed by atoms with van der Waals surface area (Å²) in [6.45, 7) is 12.4. The molecule has 0 amide bonds. The average Bonchev–Trinajstić information content (AvgIpc) is 3.22. The van der Waals surface area contributed by atoms with Gasteiger partial charge in [-0.2, -0.15) is 0 Å². The molecular formula is C48H94N4O4S2. The molecule has 58 heavy (non-hydrogen) atoms. The molecule has 8 nitrogen and oxygen atoms in total. The second kappa shape index (κ2) is 52.1. The Morgan fingerprint density at radius 1 is 0.379 bits per heavy atom. The molecule has 0 aliphatic heterocycles. The monoisotopic (exact) mass is 855 g/mol. The van der Waals surface area contributed by atoms with Crippen LogP contribution in [-0.4, -0.2) is 89.0 Å². The van der Waals surface area contributed by atoms with E-state index in [4.69, 9.17) is 9.47 Å². The van der Waals surface area contributed by atoms with E-state index in [1.165, 1.54) is 141 Å². The number of esters is 2. The Morgan fingerprint density at radius 2 is 0.672 bits per heavy atom. The number of nitrogens with one attached hydrogen (secondary N) is 4. The molecule has 0 fully saturated rings. The minimum absolute atomic E-state index is 0.0622. The molecule has 0 atom stereocenters. The third-order valence-electron chi connectivity index (χ3n) is 10.1. The van der Waals surface area contributed by atoms with E-state index in [1.807, 2.05) is 21.6 Å². The van der Waals surface area contributed by atoms with Crippen LogP contribution in [0.15, 0.2) is 24.3 Å². The van der Waals surface area contributed by atoms with Gasteiger partial charge in [0.15, 0.2) is 0 Å². The quantitative estimate of drug-likeness (QED) is 0.0205. The standard InChI is InChI=1S/C48H94N4O4S2/c1-3-5-7-9-11-13-15-17-19-21-23-25-27-29-31-33-47(53)55-43-39-49-35-37-51-41-45-57-58-46-42-52-38-36-50-40-44-56-48(54)34-32-30-28-26-24-22-20-18-16-14-12-10-8-6-4-2/h17-20,49-52H,3-16,21-46H2,1-2H3/b19-17-,20-18-. The minimum Gasteiger partial charge on any atom is -0.464 e. The molecule has 0 aliphatic rings. The molecule has 10 heteroatoms. The van der Waals surface area contributed by atoms with Crippen LogP contribution in [0.4, 0.5) is 0 Å². The summed E-state index contributed by atoms with van der Waals surface area (Å²) in [4.78, 5) is 23.9. The van der Waals surface area contributed by atoms with Crippen LogP contribution >= 0.6 is 21.6 Å². The van der Waals surface area contributed by atoms with E-state index >= 15 is 0 Å². The van der Waals surface area contributed by atoms with Gasteiger partial charge in [0, 0.05) is 76.7 Å². The maximum atomic E-state index is 12.0. The number of carbonyl (C=O) groups excluding carboxylic acids is 2. The van der Waals surface area contributed by atoms with Crippen molar-refractivity contribution in [1.82, 2.24) is 21.3 Å². The SMILES string of the molecule is CCCCCCCC/C=C\CCCCCCCC(=O)OCCNCCNCCSSCCNCCNCCOC(=O)CCCCCCC/C=C\CCCCCCCC. The van der Waals surface area contributed by atoms with Crippen LogP contribution in [0.25, 0.3) is 0 Å². The van der Waals surface area contributed by atoms with Crippen molar-refractivity contribution < 1.29 is 19.1 Å². The summed E-state index contributed by atoms with van der Waals surface area (Å²) in [6, 6.07) is 0. The molecule has 0 saturated carbocycles. The predicted molar refractivity (Wildman–Crippen MR) is 257 cm³/mol. The highest BCUT2D eigenvalue weighted by Gasteiger charge is 2.04. The Hall–Kier alpha value is -1.04. The summed E-state index contributed by atoms with van der Waals surface area (Å²) in [5.74, 6) is 2.03. The lowest BCUT2D eigenvalue weighted by atomic mass is 10.1. The van der Waals surface area contributed by atoms with Crippen LogP contribution in [0.2, 0.25) is 0 Å². The lowest BCUT2D eigenvalue weighted by Gasteiger charge is -2.08. The molecule has 0 saturated heterocycles. The van der Waals surface area contributed by atoms with Crippen molar-refractivity contribution in [2.75, 3.05) is 77.1 Å². The zero-order chi connectivity index (χ0) is 41.9. The van der Waals surface area contributed by atoms with Crippen molar-refractivity contribution in [2.24, 2.45) is 0 Å². The Kier molecular flexibility index (Phi) is 51.2. The van der Waals surface area contributed by atoms with Crippen molar-refractivity contribution in [3.63, 3.8) is 0 Å². The topological polar surface area (TPSA) is 101 Å². The molecule has 0 spiro atoms. The van der Waals surface area contributed by atoms with Crippen LogP contribution < -0.4 is 21.3 Å². The molecule has 0 aromatic carbocycles. The van der Waals surface area contributed by atoms with Gasteiger partial charge in [0.25, 0.3) is 0 Å². The molecule has 0 bridgehead atoms. The summed E-state index contributed by atoms with van der Waals surface area (Å²) >= 11 is 0. The van der Waals surface area contributed by atoms with Gasteiger partial charge >= 0.3 is 11.9 Å². The lowest BCUT2D eigenvalue weighted by molar-refractivity contribution is -0.144. The van der Waals surface area contributed by atoms with Gasteiger partial charge in [0.2, 0.25) is 0 Å². The van der Waals surface area contributed by atoms with Gasteiger partial charge in [0.05, 0.1) is 0 Å². The molecule has 4 N–H and O–H groups in total. The first-order chi connectivity index (χ1) is 28.7. The number of allylic oxidation sites excluding steroid dienone is 4. The molecule has 0 aromatic heterocycles. The first kappa shape index (κ1) is 57.0. The average molecular weight is 855 g/mol. The first-order valence-corrected chi connectivity index (χ1v) is 26.9. The second-order valence-corrected chi connectivity index (χ2v) is 18.5. The fourth-order valence-corrected chi connectivity index (χ4v) is 8.40. The minimum atomic E-state index is -0.0622. The molecule has 0 radical (unpaired) electrons. The second-order valence-electron chi connectivity index (χ2n) is 15.8. The molecule has 0 unspecified atom stereocenters. The zero-order valence-electron chi connectivity index (χ0n) is 38.0. The number of hydrogen-bond donors (Lipinski definition) is 4. The zero-order valence-corrected chi connectivity index (χ0v) is 39.7. The predicted octanol–water partition coefficient (Wildman–Crippen LogP) is 11.9. The van der Waals surface area contributed by atoms with Crippen LogP contribution in [0.5, 0.6) is 0 Å². The van der Waals surface area contributed by atoms with E-state index in [2.05, 4.69) is 59.4 Å². The Morgan fingerprint density at radius 3 is 1.02 bits per heavy atom. The molecule has 0 aromatic rings. The Labute approximate surface area is 367 Å². The number of hydrogen-bond acceptors (Lipinski definition) is 10. The Balaban J connectivity index is 3.23. The van der Waals surface area contributed by atoms with Crippen LogP contribution in [0, 0.1) is 0 Å². The van der Waals surface area contributed by atoms with Crippen molar-refractivity contribution in [3.8, 4) is 0 Å². The van der Waals surface area contributed by atoms with Gasteiger partial charge in [-0.1, -0.05) is 162 Å². The summed E-state index contributed by atoms with van der Waals surface area (Å²) in [5, 5.41) is 13.6. The van der Waals surface area contributed by atoms with Gasteiger partial charge in [-0.15, -0.1) is 0 Å². The maximum Gasteiger partial charge on any atom is 0.305 e. The normalized spacial score (nSPS) is 11.7. The highest BCUT2D eigenvalue weighted by atomic mass is 33.1. The number of unbranched alkanes of at least 4 members (excludes halogenated alkanes) is 22. The van der Waals surface area contributed by atoms with E-state index in [0.717, 1.165) is 76.5 Å². The third-order valence-corrected chi connectivity index (χ3v) is 12.5. The van der Waals surface area contributed by atoms with Crippen molar-refractivity contribution in [1.29, 1.82) is 0 Å². The number of rotatable bonds is 49. The van der Waals surface area contributed by atoms with Gasteiger partial charge in [-0.3, -0.25) is 9.59 Å². The van der Waals surface area contributed by atoms with Crippen LogP contribution in [-0.2, 0) is 19.1 Å². The smallest absolute Gasteiger partial charge is 0.305 e. The molecule has 0 rings (SSSR count).